The van der Waals surface area contributed by atoms with E-state index in [1.54, 1.807) is 12.1 Å². The third-order valence-electron chi connectivity index (χ3n) is 6.37. The number of fused-ring (bicyclic) bond motifs is 2. The standard InChI is InChI=1S/C29H20B2O2/c1-16-7-9-18(10-8-16)20-14-24(30)23(25(31)15-20)13-19-11-12-26(32)28-27(19)17(2)21-5-3-4-6-22(21)29(28)33/h3-12,14-15,32H,2,13H2,1H3. The molecule has 5 rings (SSSR count). The van der Waals surface area contributed by atoms with Gasteiger partial charge < -0.3 is 5.11 Å². The van der Waals surface area contributed by atoms with Crippen molar-refractivity contribution >= 4 is 38.0 Å². The number of benzene rings is 4. The molecule has 4 heteroatoms. The first-order chi connectivity index (χ1) is 15.8. The van der Waals surface area contributed by atoms with Gasteiger partial charge in [-0.05, 0) is 47.2 Å². The lowest BCUT2D eigenvalue weighted by atomic mass is 9.74. The number of aromatic hydroxyl groups is 1. The maximum atomic E-state index is 13.2. The van der Waals surface area contributed by atoms with Crippen molar-refractivity contribution < 1.29 is 9.90 Å². The minimum Gasteiger partial charge on any atom is -0.507 e. The van der Waals surface area contributed by atoms with E-state index in [4.69, 9.17) is 15.7 Å². The van der Waals surface area contributed by atoms with Crippen LogP contribution in [0.15, 0.2) is 79.4 Å². The number of rotatable bonds is 3. The lowest BCUT2D eigenvalue weighted by molar-refractivity contribution is 0.103. The van der Waals surface area contributed by atoms with Crippen molar-refractivity contribution in [2.45, 2.75) is 13.3 Å². The maximum Gasteiger partial charge on any atom is 0.198 e. The lowest BCUT2D eigenvalue weighted by Crippen LogP contribution is -2.25. The van der Waals surface area contributed by atoms with Gasteiger partial charge in [0.15, 0.2) is 5.78 Å². The first-order valence-electron chi connectivity index (χ1n) is 10.8. The molecule has 0 saturated carbocycles. The third kappa shape index (κ3) is 3.52. The molecule has 1 aliphatic rings. The SMILES string of the molecule is [B]c1cc(-c2ccc(C)cc2)cc([B])c1Cc1ccc(O)c2c1C(=C)c1ccccc1C2=O. The van der Waals surface area contributed by atoms with Crippen molar-refractivity contribution in [1.29, 1.82) is 0 Å². The van der Waals surface area contributed by atoms with Gasteiger partial charge in [-0.1, -0.05) is 95.4 Å². The predicted molar refractivity (Wildman–Crippen MR) is 136 cm³/mol. The van der Waals surface area contributed by atoms with E-state index in [-0.39, 0.29) is 17.1 Å². The molecule has 0 saturated heterocycles. The summed E-state index contributed by atoms with van der Waals surface area (Å²) in [5.41, 5.74) is 8.95. The van der Waals surface area contributed by atoms with Crippen molar-refractivity contribution in [3.63, 3.8) is 0 Å². The molecule has 0 amide bonds. The molecule has 4 aromatic carbocycles. The van der Waals surface area contributed by atoms with Crippen LogP contribution < -0.4 is 10.9 Å². The number of carbonyl (C=O) groups is 1. The monoisotopic (exact) mass is 422 g/mol. The molecular formula is C29H20B2O2. The number of phenolic OH excluding ortho intramolecular Hbond substituents is 1. The Morgan fingerprint density at radius 2 is 1.45 bits per heavy atom. The van der Waals surface area contributed by atoms with Crippen molar-refractivity contribution in [2.75, 3.05) is 0 Å². The highest BCUT2D eigenvalue weighted by atomic mass is 16.3. The second kappa shape index (κ2) is 7.97. The molecule has 0 heterocycles. The molecule has 1 N–H and O–H groups in total. The summed E-state index contributed by atoms with van der Waals surface area (Å²) in [5.74, 6) is -0.256. The van der Waals surface area contributed by atoms with E-state index in [9.17, 15) is 9.90 Å². The molecule has 154 valence electrons. The van der Waals surface area contributed by atoms with E-state index in [0.717, 1.165) is 27.8 Å². The Bertz CT molecular complexity index is 1430. The van der Waals surface area contributed by atoms with E-state index >= 15 is 0 Å². The van der Waals surface area contributed by atoms with Crippen molar-refractivity contribution in [3.05, 3.63) is 118 Å². The Balaban J connectivity index is 1.59. The first-order valence-corrected chi connectivity index (χ1v) is 10.8. The van der Waals surface area contributed by atoms with E-state index < -0.39 is 0 Å². The summed E-state index contributed by atoms with van der Waals surface area (Å²) in [6, 6.07) is 22.8. The topological polar surface area (TPSA) is 37.3 Å². The lowest BCUT2D eigenvalue weighted by Gasteiger charge is -2.25. The Kier molecular flexibility index (Phi) is 5.09. The van der Waals surface area contributed by atoms with Gasteiger partial charge in [-0.2, -0.15) is 0 Å². The second-order valence-electron chi connectivity index (χ2n) is 8.52. The summed E-state index contributed by atoms with van der Waals surface area (Å²) in [6.45, 7) is 6.30. The van der Waals surface area contributed by atoms with Crippen LogP contribution in [0.25, 0.3) is 16.7 Å². The van der Waals surface area contributed by atoms with E-state index in [1.807, 2.05) is 55.5 Å². The molecule has 4 aromatic rings. The molecule has 0 atom stereocenters. The van der Waals surface area contributed by atoms with Crippen LogP contribution in [0.1, 0.15) is 43.7 Å². The number of carbonyl (C=O) groups excluding carboxylic acids is 1. The van der Waals surface area contributed by atoms with Crippen LogP contribution in [0.3, 0.4) is 0 Å². The Morgan fingerprint density at radius 3 is 2.12 bits per heavy atom. The summed E-state index contributed by atoms with van der Waals surface area (Å²) in [7, 11) is 12.9. The predicted octanol–water partition coefficient (Wildman–Crippen LogP) is 4.15. The molecule has 4 radical (unpaired) electrons. The van der Waals surface area contributed by atoms with Gasteiger partial charge in [-0.3, -0.25) is 4.79 Å². The van der Waals surface area contributed by atoms with Gasteiger partial charge in [-0.25, -0.2) is 0 Å². The smallest absolute Gasteiger partial charge is 0.198 e. The van der Waals surface area contributed by atoms with Crippen LogP contribution in [0.2, 0.25) is 0 Å². The van der Waals surface area contributed by atoms with Crippen molar-refractivity contribution in [3.8, 4) is 16.9 Å². The van der Waals surface area contributed by atoms with Gasteiger partial charge in [0.2, 0.25) is 0 Å². The zero-order chi connectivity index (χ0) is 23.3. The number of aryl methyl sites for hydroxylation is 1. The Hall–Kier alpha value is -3.78. The van der Waals surface area contributed by atoms with Crippen molar-refractivity contribution in [1.82, 2.24) is 0 Å². The minimum absolute atomic E-state index is 0.0509. The number of hydrogen-bond donors (Lipinski definition) is 1. The fraction of sp³-hybridized carbons (Fsp3) is 0.0690. The van der Waals surface area contributed by atoms with Gasteiger partial charge in [-0.15, -0.1) is 0 Å². The molecule has 0 aromatic heterocycles. The fourth-order valence-electron chi connectivity index (χ4n) is 4.60. The highest BCUT2D eigenvalue weighted by Crippen LogP contribution is 2.41. The van der Waals surface area contributed by atoms with Gasteiger partial charge in [0.05, 0.1) is 5.56 Å². The van der Waals surface area contributed by atoms with Crippen LogP contribution in [0.5, 0.6) is 5.75 Å². The van der Waals surface area contributed by atoms with Crippen LogP contribution in [0.4, 0.5) is 0 Å². The summed E-state index contributed by atoms with van der Waals surface area (Å²) < 4.78 is 0. The molecule has 2 nitrogen and oxygen atoms in total. The molecular weight excluding hydrogens is 402 g/mol. The maximum absolute atomic E-state index is 13.2. The third-order valence-corrected chi connectivity index (χ3v) is 6.37. The quantitative estimate of drug-likeness (QED) is 0.444. The number of ketones is 1. The van der Waals surface area contributed by atoms with E-state index in [2.05, 4.69) is 18.7 Å². The van der Waals surface area contributed by atoms with E-state index in [1.165, 1.54) is 5.56 Å². The normalized spacial score (nSPS) is 12.4. The fourth-order valence-corrected chi connectivity index (χ4v) is 4.60. The second-order valence-corrected chi connectivity index (χ2v) is 8.52. The zero-order valence-corrected chi connectivity index (χ0v) is 18.4. The van der Waals surface area contributed by atoms with E-state index in [0.29, 0.717) is 34.0 Å². The molecule has 33 heavy (non-hydrogen) atoms. The average Bonchev–Trinajstić information content (AvgIpc) is 2.81. The summed E-state index contributed by atoms with van der Waals surface area (Å²) in [4.78, 5) is 13.2. The Labute approximate surface area is 196 Å². The Morgan fingerprint density at radius 1 is 0.818 bits per heavy atom. The van der Waals surface area contributed by atoms with Gasteiger partial charge in [0.25, 0.3) is 0 Å². The van der Waals surface area contributed by atoms with Gasteiger partial charge in [0.1, 0.15) is 21.4 Å². The molecule has 0 unspecified atom stereocenters. The molecule has 0 spiro atoms. The van der Waals surface area contributed by atoms with Crippen LogP contribution >= 0.6 is 0 Å². The first kappa shape index (κ1) is 21.1. The molecule has 0 bridgehead atoms. The van der Waals surface area contributed by atoms with Crippen LogP contribution in [0, 0.1) is 6.92 Å². The van der Waals surface area contributed by atoms with Gasteiger partial charge >= 0.3 is 0 Å². The highest BCUT2D eigenvalue weighted by molar-refractivity contribution is 6.40. The highest BCUT2D eigenvalue weighted by Gasteiger charge is 2.30. The molecule has 0 fully saturated rings. The largest absolute Gasteiger partial charge is 0.507 e. The van der Waals surface area contributed by atoms with Crippen LogP contribution in [-0.2, 0) is 6.42 Å². The van der Waals surface area contributed by atoms with Crippen molar-refractivity contribution in [2.24, 2.45) is 0 Å². The minimum atomic E-state index is -0.206. The summed E-state index contributed by atoms with van der Waals surface area (Å²) in [6.07, 6.45) is 0.420. The summed E-state index contributed by atoms with van der Waals surface area (Å²) in [5, 5.41) is 10.5. The van der Waals surface area contributed by atoms with Gasteiger partial charge in [0, 0.05) is 11.1 Å². The zero-order valence-electron chi connectivity index (χ0n) is 18.4. The number of phenols is 1. The summed E-state index contributed by atoms with van der Waals surface area (Å²) >= 11 is 0. The van der Waals surface area contributed by atoms with Crippen LogP contribution in [-0.4, -0.2) is 26.6 Å². The number of hydrogen-bond acceptors (Lipinski definition) is 2. The average molecular weight is 422 g/mol. The molecule has 0 aliphatic heterocycles. The molecule has 1 aliphatic carbocycles.